The molecule has 1 aliphatic rings. The summed E-state index contributed by atoms with van der Waals surface area (Å²) in [6, 6.07) is 0. The van der Waals surface area contributed by atoms with Gasteiger partial charge in [0, 0.05) is 13.1 Å². The van der Waals surface area contributed by atoms with Gasteiger partial charge in [0.25, 0.3) is 0 Å². The molecular weight excluding hydrogens is 209 g/mol. The molecule has 2 rings (SSSR count). The Hall–Kier alpha value is -1.49. The molecule has 1 fully saturated rings. The van der Waals surface area contributed by atoms with Gasteiger partial charge in [0.05, 0.1) is 19.4 Å². The van der Waals surface area contributed by atoms with Gasteiger partial charge in [-0.05, 0) is 13.0 Å². The van der Waals surface area contributed by atoms with Crippen molar-refractivity contribution >= 4 is 11.9 Å². The SMILES string of the molecule is C/C=C/c1ncc(F)c(N2CCOCC2)n1. The van der Waals surface area contributed by atoms with E-state index in [1.807, 2.05) is 17.9 Å². The number of rotatable bonds is 2. The lowest BCUT2D eigenvalue weighted by molar-refractivity contribution is 0.122. The minimum absolute atomic E-state index is 0.367. The van der Waals surface area contributed by atoms with Gasteiger partial charge in [-0.3, -0.25) is 0 Å². The molecule has 0 bridgehead atoms. The van der Waals surface area contributed by atoms with Crippen LogP contribution in [0.1, 0.15) is 12.7 Å². The number of anilines is 1. The van der Waals surface area contributed by atoms with Gasteiger partial charge in [-0.15, -0.1) is 0 Å². The molecule has 0 saturated carbocycles. The summed E-state index contributed by atoms with van der Waals surface area (Å²) in [6.07, 6.45) is 4.80. The Kier molecular flexibility index (Phi) is 3.46. The van der Waals surface area contributed by atoms with Crippen LogP contribution in [-0.4, -0.2) is 36.3 Å². The highest BCUT2D eigenvalue weighted by molar-refractivity contribution is 5.46. The Bertz CT molecular complexity index is 389. The third-order valence-corrected chi connectivity index (χ3v) is 2.37. The Balaban J connectivity index is 2.26. The van der Waals surface area contributed by atoms with E-state index in [4.69, 9.17) is 4.74 Å². The van der Waals surface area contributed by atoms with Crippen molar-refractivity contribution in [2.24, 2.45) is 0 Å². The summed E-state index contributed by atoms with van der Waals surface area (Å²) < 4.78 is 18.8. The van der Waals surface area contributed by atoms with Gasteiger partial charge in [-0.25, -0.2) is 14.4 Å². The first kappa shape index (κ1) is 11.0. The zero-order chi connectivity index (χ0) is 11.4. The first-order valence-corrected chi connectivity index (χ1v) is 5.29. The van der Waals surface area contributed by atoms with Crippen molar-refractivity contribution in [2.45, 2.75) is 6.92 Å². The van der Waals surface area contributed by atoms with Crippen molar-refractivity contribution in [1.29, 1.82) is 0 Å². The Morgan fingerprint density at radius 1 is 1.44 bits per heavy atom. The van der Waals surface area contributed by atoms with E-state index in [2.05, 4.69) is 9.97 Å². The van der Waals surface area contributed by atoms with Gasteiger partial charge >= 0.3 is 0 Å². The van der Waals surface area contributed by atoms with Crippen LogP contribution in [0.2, 0.25) is 0 Å². The molecule has 0 aromatic carbocycles. The van der Waals surface area contributed by atoms with Crippen molar-refractivity contribution in [3.8, 4) is 0 Å². The second-order valence-electron chi connectivity index (χ2n) is 3.50. The lowest BCUT2D eigenvalue weighted by atomic mass is 10.4. The second-order valence-corrected chi connectivity index (χ2v) is 3.50. The molecule has 0 unspecified atom stereocenters. The summed E-state index contributed by atoms with van der Waals surface area (Å²) in [5.41, 5.74) is 0. The molecule has 1 aromatic heterocycles. The molecule has 0 atom stereocenters. The first-order chi connectivity index (χ1) is 7.81. The summed E-state index contributed by atoms with van der Waals surface area (Å²) in [7, 11) is 0. The fourth-order valence-electron chi connectivity index (χ4n) is 1.60. The molecule has 4 nitrogen and oxygen atoms in total. The van der Waals surface area contributed by atoms with E-state index in [0.29, 0.717) is 37.9 Å². The monoisotopic (exact) mass is 223 g/mol. The number of hydrogen-bond acceptors (Lipinski definition) is 4. The maximum absolute atomic E-state index is 13.6. The molecule has 2 heterocycles. The first-order valence-electron chi connectivity index (χ1n) is 5.29. The fraction of sp³-hybridized carbons (Fsp3) is 0.455. The van der Waals surface area contributed by atoms with E-state index >= 15 is 0 Å². The normalized spacial score (nSPS) is 17.0. The lowest BCUT2D eigenvalue weighted by Crippen LogP contribution is -2.37. The number of morpholine rings is 1. The van der Waals surface area contributed by atoms with Crippen LogP contribution in [0.5, 0.6) is 0 Å². The van der Waals surface area contributed by atoms with Gasteiger partial charge in [0.15, 0.2) is 17.5 Å². The average Bonchev–Trinajstić information content (AvgIpc) is 2.33. The number of halogens is 1. The standard InChI is InChI=1S/C11H14FN3O/c1-2-3-10-13-8-9(12)11(14-10)15-4-6-16-7-5-15/h2-3,8H,4-7H2,1H3/b3-2+. The zero-order valence-electron chi connectivity index (χ0n) is 9.19. The van der Waals surface area contributed by atoms with Crippen molar-refractivity contribution in [2.75, 3.05) is 31.2 Å². The Morgan fingerprint density at radius 2 is 2.19 bits per heavy atom. The van der Waals surface area contributed by atoms with E-state index in [9.17, 15) is 4.39 Å². The van der Waals surface area contributed by atoms with Gasteiger partial charge in [0.2, 0.25) is 0 Å². The Labute approximate surface area is 93.8 Å². The van der Waals surface area contributed by atoms with Crippen LogP contribution >= 0.6 is 0 Å². The highest BCUT2D eigenvalue weighted by Crippen LogP contribution is 2.17. The summed E-state index contributed by atoms with van der Waals surface area (Å²) in [4.78, 5) is 9.96. The van der Waals surface area contributed by atoms with E-state index < -0.39 is 0 Å². The highest BCUT2D eigenvalue weighted by Gasteiger charge is 2.17. The zero-order valence-corrected chi connectivity index (χ0v) is 9.19. The van der Waals surface area contributed by atoms with Crippen LogP contribution in [0.15, 0.2) is 12.3 Å². The predicted molar refractivity (Wildman–Crippen MR) is 59.7 cm³/mol. The molecule has 1 saturated heterocycles. The number of nitrogens with zero attached hydrogens (tertiary/aromatic N) is 3. The van der Waals surface area contributed by atoms with Crippen molar-refractivity contribution < 1.29 is 9.13 Å². The fourth-order valence-corrected chi connectivity index (χ4v) is 1.60. The van der Waals surface area contributed by atoms with E-state index in [-0.39, 0.29) is 5.82 Å². The minimum atomic E-state index is -0.379. The molecule has 1 aliphatic heterocycles. The highest BCUT2D eigenvalue weighted by atomic mass is 19.1. The smallest absolute Gasteiger partial charge is 0.183 e. The Morgan fingerprint density at radius 3 is 2.88 bits per heavy atom. The van der Waals surface area contributed by atoms with Gasteiger partial charge in [-0.1, -0.05) is 6.08 Å². The molecule has 5 heteroatoms. The molecule has 16 heavy (non-hydrogen) atoms. The van der Waals surface area contributed by atoms with Gasteiger partial charge in [0.1, 0.15) is 0 Å². The largest absolute Gasteiger partial charge is 0.378 e. The van der Waals surface area contributed by atoms with Crippen LogP contribution in [0.25, 0.3) is 6.08 Å². The van der Waals surface area contributed by atoms with Gasteiger partial charge in [-0.2, -0.15) is 0 Å². The predicted octanol–water partition coefficient (Wildman–Crippen LogP) is 1.49. The molecule has 0 N–H and O–H groups in total. The van der Waals surface area contributed by atoms with Crippen molar-refractivity contribution in [3.63, 3.8) is 0 Å². The average molecular weight is 223 g/mol. The molecule has 86 valence electrons. The third-order valence-electron chi connectivity index (χ3n) is 2.37. The number of hydrogen-bond donors (Lipinski definition) is 0. The molecule has 0 amide bonds. The van der Waals surface area contributed by atoms with E-state index in [1.165, 1.54) is 6.20 Å². The maximum atomic E-state index is 13.6. The van der Waals surface area contributed by atoms with Crippen molar-refractivity contribution in [1.82, 2.24) is 9.97 Å². The second kappa shape index (κ2) is 5.03. The molecule has 0 spiro atoms. The lowest BCUT2D eigenvalue weighted by Gasteiger charge is -2.27. The quantitative estimate of drug-likeness (QED) is 0.761. The molecule has 0 aliphatic carbocycles. The number of allylic oxidation sites excluding steroid dienone is 1. The maximum Gasteiger partial charge on any atom is 0.183 e. The number of aromatic nitrogens is 2. The molecule has 1 aromatic rings. The summed E-state index contributed by atoms with van der Waals surface area (Å²) in [5, 5.41) is 0. The van der Waals surface area contributed by atoms with E-state index in [0.717, 1.165) is 0 Å². The van der Waals surface area contributed by atoms with Crippen LogP contribution < -0.4 is 4.90 Å². The molecule has 0 radical (unpaired) electrons. The number of ether oxygens (including phenoxy) is 1. The van der Waals surface area contributed by atoms with Crippen LogP contribution in [0.4, 0.5) is 10.2 Å². The van der Waals surface area contributed by atoms with Crippen molar-refractivity contribution in [3.05, 3.63) is 23.9 Å². The van der Waals surface area contributed by atoms with Crippen LogP contribution in [-0.2, 0) is 4.74 Å². The van der Waals surface area contributed by atoms with Gasteiger partial charge < -0.3 is 9.64 Å². The topological polar surface area (TPSA) is 38.2 Å². The summed E-state index contributed by atoms with van der Waals surface area (Å²) in [5.74, 6) is 0.520. The van der Waals surface area contributed by atoms with E-state index in [1.54, 1.807) is 6.08 Å². The third kappa shape index (κ3) is 2.36. The minimum Gasteiger partial charge on any atom is -0.378 e. The van der Waals surface area contributed by atoms with Crippen LogP contribution in [0, 0.1) is 5.82 Å². The molecular formula is C11H14FN3O. The summed E-state index contributed by atoms with van der Waals surface area (Å²) >= 11 is 0. The van der Waals surface area contributed by atoms with Crippen LogP contribution in [0.3, 0.4) is 0 Å². The summed E-state index contributed by atoms with van der Waals surface area (Å²) in [6.45, 7) is 4.44.